The Morgan fingerprint density at radius 1 is 0.964 bits per heavy atom. The van der Waals surface area contributed by atoms with E-state index in [0.29, 0.717) is 37.9 Å². The van der Waals surface area contributed by atoms with Crippen LogP contribution in [0.3, 0.4) is 0 Å². The Hall–Kier alpha value is -1.61. The van der Waals surface area contributed by atoms with E-state index in [1.54, 1.807) is 0 Å². The molecule has 0 saturated carbocycles. The minimum atomic E-state index is -4.70. The first-order chi connectivity index (χ1) is 13.4. The van der Waals surface area contributed by atoms with Crippen LogP contribution in [-0.4, -0.2) is 39.1 Å². The quantitative estimate of drug-likeness (QED) is 0.652. The summed E-state index contributed by atoms with van der Waals surface area (Å²) in [6.45, 7) is 4.34. The first kappa shape index (κ1) is 21.1. The van der Waals surface area contributed by atoms with Crippen molar-refractivity contribution < 1.29 is 36.9 Å². The Morgan fingerprint density at radius 3 is 2.18 bits per heavy atom. The van der Waals surface area contributed by atoms with Gasteiger partial charge in [-0.15, -0.1) is 13.2 Å². The Labute approximate surface area is 162 Å². The van der Waals surface area contributed by atoms with Crippen LogP contribution in [0.2, 0.25) is 0 Å². The van der Waals surface area contributed by atoms with Crippen LogP contribution < -0.4 is 4.74 Å². The molecule has 2 fully saturated rings. The lowest BCUT2D eigenvalue weighted by atomic mass is 10.0. The van der Waals surface area contributed by atoms with Gasteiger partial charge in [-0.05, 0) is 31.9 Å². The summed E-state index contributed by atoms with van der Waals surface area (Å²) >= 11 is 0. The highest BCUT2D eigenvalue weighted by Gasteiger charge is 2.31. The zero-order chi connectivity index (χ0) is 20.0. The van der Waals surface area contributed by atoms with Crippen molar-refractivity contribution in [3.63, 3.8) is 0 Å². The maximum Gasteiger partial charge on any atom is 0.573 e. The highest BCUT2D eigenvalue weighted by molar-refractivity contribution is 5.28. The fourth-order valence-electron chi connectivity index (χ4n) is 3.21. The van der Waals surface area contributed by atoms with E-state index in [1.165, 1.54) is 24.3 Å². The average Bonchev–Trinajstić information content (AvgIpc) is 2.68. The average molecular weight is 402 g/mol. The highest BCUT2D eigenvalue weighted by Crippen LogP contribution is 2.30. The molecule has 3 rings (SSSR count). The van der Waals surface area contributed by atoms with E-state index in [1.807, 2.05) is 13.0 Å². The van der Waals surface area contributed by atoms with Gasteiger partial charge in [-0.3, -0.25) is 0 Å². The second-order valence-electron chi connectivity index (χ2n) is 6.94. The molecule has 0 bridgehead atoms. The molecule has 1 aromatic carbocycles. The Bertz CT molecular complexity index is 616. The lowest BCUT2D eigenvalue weighted by Gasteiger charge is -2.32. The molecule has 5 nitrogen and oxygen atoms in total. The minimum Gasteiger partial charge on any atom is -0.406 e. The molecule has 0 N–H and O–H groups in total. The van der Waals surface area contributed by atoms with E-state index >= 15 is 0 Å². The monoisotopic (exact) mass is 402 g/mol. The summed E-state index contributed by atoms with van der Waals surface area (Å²) in [4.78, 5) is 0. The Morgan fingerprint density at radius 2 is 1.61 bits per heavy atom. The predicted molar refractivity (Wildman–Crippen MR) is 94.5 cm³/mol. The van der Waals surface area contributed by atoms with Crippen LogP contribution in [0.1, 0.15) is 31.6 Å². The molecule has 0 amide bonds. The highest BCUT2D eigenvalue weighted by atomic mass is 19.4. The SMILES string of the molecule is C/C=C/C1COC(CCC2COC(c3ccc(OC(F)(F)F)cc3)OC2)OC1. The molecule has 2 aliphatic rings. The van der Waals surface area contributed by atoms with E-state index in [4.69, 9.17) is 18.9 Å². The third kappa shape index (κ3) is 6.48. The maximum absolute atomic E-state index is 12.2. The van der Waals surface area contributed by atoms with E-state index < -0.39 is 12.7 Å². The number of benzene rings is 1. The van der Waals surface area contributed by atoms with E-state index in [0.717, 1.165) is 12.8 Å². The number of allylic oxidation sites excluding steroid dienone is 1. The number of ether oxygens (including phenoxy) is 5. The lowest BCUT2D eigenvalue weighted by Crippen LogP contribution is -2.33. The molecule has 0 aromatic heterocycles. The summed E-state index contributed by atoms with van der Waals surface area (Å²) in [5.41, 5.74) is 0.655. The largest absolute Gasteiger partial charge is 0.573 e. The van der Waals surface area contributed by atoms with Crippen LogP contribution in [0.25, 0.3) is 0 Å². The number of halogens is 3. The third-order valence-corrected chi connectivity index (χ3v) is 4.62. The Kier molecular flexibility index (Phi) is 7.34. The molecule has 0 radical (unpaired) electrons. The van der Waals surface area contributed by atoms with Gasteiger partial charge in [0.1, 0.15) is 5.75 Å². The first-order valence-electron chi connectivity index (χ1n) is 9.38. The van der Waals surface area contributed by atoms with Crippen molar-refractivity contribution in [2.45, 2.75) is 38.7 Å². The first-order valence-corrected chi connectivity index (χ1v) is 9.38. The number of alkyl halides is 3. The van der Waals surface area contributed by atoms with Crippen LogP contribution in [0.15, 0.2) is 36.4 Å². The molecule has 1 aromatic rings. The molecular formula is C20H25F3O5. The summed E-state index contributed by atoms with van der Waals surface area (Å²) in [5.74, 6) is 0.273. The third-order valence-electron chi connectivity index (χ3n) is 4.62. The van der Waals surface area contributed by atoms with Crippen LogP contribution in [0.4, 0.5) is 13.2 Å². The fourth-order valence-corrected chi connectivity index (χ4v) is 3.21. The summed E-state index contributed by atoms with van der Waals surface area (Å²) < 4.78 is 63.4. The summed E-state index contributed by atoms with van der Waals surface area (Å²) in [6, 6.07) is 5.52. The van der Waals surface area contributed by atoms with Crippen molar-refractivity contribution in [2.75, 3.05) is 26.4 Å². The van der Waals surface area contributed by atoms with Crippen molar-refractivity contribution in [2.24, 2.45) is 11.8 Å². The molecule has 2 saturated heterocycles. The van der Waals surface area contributed by atoms with E-state index in [-0.39, 0.29) is 18.0 Å². The van der Waals surface area contributed by atoms with Crippen molar-refractivity contribution >= 4 is 0 Å². The van der Waals surface area contributed by atoms with Gasteiger partial charge in [0.15, 0.2) is 12.6 Å². The lowest BCUT2D eigenvalue weighted by molar-refractivity contribution is -0.274. The normalized spacial score (nSPS) is 29.1. The number of rotatable bonds is 6. The predicted octanol–water partition coefficient (Wildman–Crippen LogP) is 4.59. The van der Waals surface area contributed by atoms with E-state index in [2.05, 4.69) is 10.8 Å². The molecule has 0 spiro atoms. The van der Waals surface area contributed by atoms with Crippen molar-refractivity contribution in [3.05, 3.63) is 42.0 Å². The number of hydrogen-bond donors (Lipinski definition) is 0. The van der Waals surface area contributed by atoms with Gasteiger partial charge in [0.05, 0.1) is 26.4 Å². The van der Waals surface area contributed by atoms with Gasteiger partial charge >= 0.3 is 6.36 Å². The summed E-state index contributed by atoms with van der Waals surface area (Å²) in [5, 5.41) is 0. The number of hydrogen-bond acceptors (Lipinski definition) is 5. The fraction of sp³-hybridized carbons (Fsp3) is 0.600. The van der Waals surface area contributed by atoms with Crippen molar-refractivity contribution in [3.8, 4) is 5.75 Å². The standard InChI is InChI=1S/C20H25F3O5/c1-2-3-14-10-24-18(25-11-14)9-4-15-12-26-19(27-13-15)16-5-7-17(8-6-16)28-20(21,22)23/h2-3,5-8,14-15,18-19H,4,9-13H2,1H3/b3-2+. The zero-order valence-corrected chi connectivity index (χ0v) is 15.7. The summed E-state index contributed by atoms with van der Waals surface area (Å²) in [6.07, 6.45) is 0.229. The summed E-state index contributed by atoms with van der Waals surface area (Å²) in [7, 11) is 0. The van der Waals surface area contributed by atoms with Gasteiger partial charge in [-0.2, -0.15) is 0 Å². The van der Waals surface area contributed by atoms with E-state index in [9.17, 15) is 13.2 Å². The second-order valence-corrected chi connectivity index (χ2v) is 6.94. The molecule has 0 unspecified atom stereocenters. The van der Waals surface area contributed by atoms with Gasteiger partial charge in [0.25, 0.3) is 0 Å². The van der Waals surface area contributed by atoms with Gasteiger partial charge in [-0.25, -0.2) is 0 Å². The van der Waals surface area contributed by atoms with Crippen LogP contribution in [0, 0.1) is 11.8 Å². The van der Waals surface area contributed by atoms with Crippen LogP contribution in [-0.2, 0) is 18.9 Å². The minimum absolute atomic E-state index is 0.194. The molecule has 156 valence electrons. The van der Waals surface area contributed by atoms with Crippen LogP contribution >= 0.6 is 0 Å². The topological polar surface area (TPSA) is 46.2 Å². The molecule has 2 aliphatic heterocycles. The molecule has 2 heterocycles. The van der Waals surface area contributed by atoms with Gasteiger partial charge in [0, 0.05) is 17.4 Å². The van der Waals surface area contributed by atoms with Crippen molar-refractivity contribution in [1.82, 2.24) is 0 Å². The second kappa shape index (κ2) is 9.73. The molecule has 0 atom stereocenters. The van der Waals surface area contributed by atoms with Gasteiger partial charge in [-0.1, -0.05) is 24.3 Å². The molecule has 0 aliphatic carbocycles. The smallest absolute Gasteiger partial charge is 0.406 e. The van der Waals surface area contributed by atoms with Crippen molar-refractivity contribution in [1.29, 1.82) is 0 Å². The van der Waals surface area contributed by atoms with Gasteiger partial charge < -0.3 is 23.7 Å². The molecule has 28 heavy (non-hydrogen) atoms. The van der Waals surface area contributed by atoms with Crippen LogP contribution in [0.5, 0.6) is 5.75 Å². The van der Waals surface area contributed by atoms with Gasteiger partial charge in [0.2, 0.25) is 0 Å². The molecular weight excluding hydrogens is 377 g/mol. The zero-order valence-electron chi connectivity index (χ0n) is 15.7. The maximum atomic E-state index is 12.2. The Balaban J connectivity index is 1.38. The molecule has 8 heteroatoms.